The number of hydrogen-bond acceptors (Lipinski definition) is 1. The van der Waals surface area contributed by atoms with Crippen LogP contribution in [0.2, 0.25) is 0 Å². The molecule has 0 aromatic heterocycles. The van der Waals surface area contributed by atoms with Gasteiger partial charge < -0.3 is 4.74 Å². The van der Waals surface area contributed by atoms with Gasteiger partial charge in [-0.15, -0.1) is 0 Å². The molecular weight excluding hydrogens is 172 g/mol. The summed E-state index contributed by atoms with van der Waals surface area (Å²) in [4.78, 5) is 0. The summed E-state index contributed by atoms with van der Waals surface area (Å²) in [5.41, 5.74) is 1.30. The van der Waals surface area contributed by atoms with Gasteiger partial charge in [0.15, 0.2) is 0 Å². The molecule has 0 bridgehead atoms. The van der Waals surface area contributed by atoms with Gasteiger partial charge >= 0.3 is 0 Å². The molecule has 1 aliphatic heterocycles. The Morgan fingerprint density at radius 1 is 1.57 bits per heavy atom. The molecule has 0 aromatic rings. The predicted octanol–water partition coefficient (Wildman–Crippen LogP) is 3.94. The van der Waals surface area contributed by atoms with Crippen LogP contribution in [-0.4, -0.2) is 11.7 Å². The maximum Gasteiger partial charge on any atom is 0.0788 e. The second kappa shape index (κ2) is 4.48. The zero-order valence-corrected chi connectivity index (χ0v) is 10.1. The van der Waals surface area contributed by atoms with E-state index in [1.54, 1.807) is 0 Å². The molecule has 0 aromatic carbocycles. The highest BCUT2D eigenvalue weighted by atomic mass is 16.5. The van der Waals surface area contributed by atoms with E-state index in [1.165, 1.54) is 24.8 Å². The third kappa shape index (κ3) is 3.13. The molecule has 1 heterocycles. The van der Waals surface area contributed by atoms with Gasteiger partial charge in [0.25, 0.3) is 0 Å². The topological polar surface area (TPSA) is 9.23 Å². The highest BCUT2D eigenvalue weighted by Crippen LogP contribution is 2.36. The van der Waals surface area contributed by atoms with E-state index >= 15 is 0 Å². The Kier molecular flexibility index (Phi) is 3.77. The molecule has 1 aliphatic rings. The largest absolute Gasteiger partial charge is 0.368 e. The van der Waals surface area contributed by atoms with E-state index in [-0.39, 0.29) is 5.60 Å². The summed E-state index contributed by atoms with van der Waals surface area (Å²) in [5, 5.41) is 0. The van der Waals surface area contributed by atoms with Crippen LogP contribution in [0.4, 0.5) is 0 Å². The molecule has 0 radical (unpaired) electrons. The van der Waals surface area contributed by atoms with Gasteiger partial charge in [0.2, 0.25) is 0 Å². The molecule has 0 unspecified atom stereocenters. The van der Waals surface area contributed by atoms with Crippen LogP contribution < -0.4 is 0 Å². The van der Waals surface area contributed by atoms with Crippen LogP contribution in [0.15, 0.2) is 12.2 Å². The average molecular weight is 196 g/mol. The molecule has 1 saturated heterocycles. The molecule has 82 valence electrons. The van der Waals surface area contributed by atoms with E-state index in [4.69, 9.17) is 4.74 Å². The maximum atomic E-state index is 6.06. The van der Waals surface area contributed by atoms with Gasteiger partial charge in [-0.1, -0.05) is 26.0 Å². The summed E-state index contributed by atoms with van der Waals surface area (Å²) in [7, 11) is 0. The Labute approximate surface area is 88.5 Å². The molecule has 2 atom stereocenters. The highest BCUT2D eigenvalue weighted by molar-refractivity contribution is 5.03. The van der Waals surface area contributed by atoms with Crippen molar-refractivity contribution in [3.8, 4) is 0 Å². The molecule has 0 aliphatic carbocycles. The smallest absolute Gasteiger partial charge is 0.0788 e. The lowest BCUT2D eigenvalue weighted by atomic mass is 9.92. The minimum atomic E-state index is 0.119. The van der Waals surface area contributed by atoms with Gasteiger partial charge in [0.05, 0.1) is 11.7 Å². The second-order valence-electron chi connectivity index (χ2n) is 5.37. The quantitative estimate of drug-likeness (QED) is 0.619. The van der Waals surface area contributed by atoms with Crippen molar-refractivity contribution in [3.63, 3.8) is 0 Å². The zero-order chi connectivity index (χ0) is 10.8. The van der Waals surface area contributed by atoms with Crippen molar-refractivity contribution in [2.45, 2.75) is 65.1 Å². The van der Waals surface area contributed by atoms with Gasteiger partial charge in [0.1, 0.15) is 0 Å². The Balaban J connectivity index is 2.41. The fourth-order valence-electron chi connectivity index (χ4n) is 2.02. The van der Waals surface area contributed by atoms with Crippen molar-refractivity contribution in [1.82, 2.24) is 0 Å². The zero-order valence-electron chi connectivity index (χ0n) is 10.1. The molecule has 14 heavy (non-hydrogen) atoms. The molecule has 0 saturated carbocycles. The normalized spacial score (nSPS) is 32.5. The van der Waals surface area contributed by atoms with Crippen molar-refractivity contribution < 1.29 is 4.74 Å². The van der Waals surface area contributed by atoms with Gasteiger partial charge in [-0.25, -0.2) is 0 Å². The van der Waals surface area contributed by atoms with Gasteiger partial charge in [-0.05, 0) is 45.4 Å². The lowest BCUT2D eigenvalue weighted by Crippen LogP contribution is -2.25. The number of ether oxygens (including phenoxy) is 1. The molecule has 1 heteroatoms. The third-order valence-corrected chi connectivity index (χ3v) is 3.16. The second-order valence-corrected chi connectivity index (χ2v) is 5.37. The van der Waals surface area contributed by atoms with E-state index in [2.05, 4.69) is 34.3 Å². The first-order valence-corrected chi connectivity index (χ1v) is 5.76. The minimum absolute atomic E-state index is 0.119. The highest BCUT2D eigenvalue weighted by Gasteiger charge is 2.35. The van der Waals surface area contributed by atoms with E-state index in [9.17, 15) is 0 Å². The lowest BCUT2D eigenvalue weighted by Gasteiger charge is -2.25. The molecule has 0 N–H and O–H groups in total. The summed E-state index contributed by atoms with van der Waals surface area (Å²) >= 11 is 0. The first-order valence-electron chi connectivity index (χ1n) is 5.76. The molecular formula is C13H24O. The molecule has 1 fully saturated rings. The summed E-state index contributed by atoms with van der Waals surface area (Å²) in [6, 6.07) is 0. The molecule has 1 rings (SSSR count). The first kappa shape index (κ1) is 11.8. The predicted molar refractivity (Wildman–Crippen MR) is 61.4 cm³/mol. The average Bonchev–Trinajstić information content (AvgIpc) is 2.46. The van der Waals surface area contributed by atoms with Crippen molar-refractivity contribution in [2.24, 2.45) is 5.92 Å². The third-order valence-electron chi connectivity index (χ3n) is 3.16. The summed E-state index contributed by atoms with van der Waals surface area (Å²) in [6.45, 7) is 12.8. The van der Waals surface area contributed by atoms with Crippen LogP contribution in [0.25, 0.3) is 0 Å². The van der Waals surface area contributed by atoms with E-state index in [0.717, 1.165) is 12.3 Å². The Morgan fingerprint density at radius 3 is 2.64 bits per heavy atom. The van der Waals surface area contributed by atoms with Gasteiger partial charge in [-0.3, -0.25) is 0 Å². The van der Waals surface area contributed by atoms with Crippen LogP contribution in [0, 0.1) is 5.92 Å². The van der Waals surface area contributed by atoms with Crippen molar-refractivity contribution in [1.29, 1.82) is 0 Å². The Morgan fingerprint density at radius 2 is 2.21 bits per heavy atom. The summed E-state index contributed by atoms with van der Waals surface area (Å²) in [6.07, 6.45) is 5.11. The van der Waals surface area contributed by atoms with Crippen LogP contribution >= 0.6 is 0 Å². The summed E-state index contributed by atoms with van der Waals surface area (Å²) in [5.74, 6) is 0.777. The minimum Gasteiger partial charge on any atom is -0.368 e. The van der Waals surface area contributed by atoms with Crippen LogP contribution in [0.5, 0.6) is 0 Å². The number of hydrogen-bond donors (Lipinski definition) is 0. The van der Waals surface area contributed by atoms with E-state index in [1.807, 2.05) is 0 Å². The van der Waals surface area contributed by atoms with Crippen LogP contribution in [0.1, 0.15) is 53.4 Å². The fourth-order valence-corrected chi connectivity index (χ4v) is 2.02. The molecule has 0 amide bonds. The fraction of sp³-hybridized carbons (Fsp3) is 0.846. The van der Waals surface area contributed by atoms with Crippen molar-refractivity contribution >= 4 is 0 Å². The Bertz CT molecular complexity index is 207. The summed E-state index contributed by atoms with van der Waals surface area (Å²) < 4.78 is 6.06. The molecule has 1 nitrogen and oxygen atoms in total. The SMILES string of the molecule is C=C(C)[C@@H]1CC[C@](C)(CCC(C)C)O1. The van der Waals surface area contributed by atoms with Crippen LogP contribution in [0.3, 0.4) is 0 Å². The number of rotatable bonds is 4. The maximum absolute atomic E-state index is 6.06. The Hall–Kier alpha value is -0.300. The van der Waals surface area contributed by atoms with Gasteiger partial charge in [-0.2, -0.15) is 0 Å². The monoisotopic (exact) mass is 196 g/mol. The molecule has 0 spiro atoms. The standard InChI is InChI=1S/C13H24O/c1-10(2)6-8-13(5)9-7-12(14-13)11(3)4/h10,12H,3,6-9H2,1-2,4-5H3/t12-,13-/m0/s1. The van der Waals surface area contributed by atoms with Gasteiger partial charge in [0, 0.05) is 0 Å². The van der Waals surface area contributed by atoms with Crippen molar-refractivity contribution in [3.05, 3.63) is 12.2 Å². The first-order chi connectivity index (χ1) is 6.43. The van der Waals surface area contributed by atoms with Crippen molar-refractivity contribution in [2.75, 3.05) is 0 Å². The van der Waals surface area contributed by atoms with Crippen LogP contribution in [-0.2, 0) is 4.74 Å². The van der Waals surface area contributed by atoms with E-state index in [0.29, 0.717) is 6.10 Å². The van der Waals surface area contributed by atoms with E-state index < -0.39 is 0 Å². The lowest BCUT2D eigenvalue weighted by molar-refractivity contribution is -0.0223.